The molecule has 1 radical (unpaired) electrons. The normalized spacial score (nSPS) is 23.5. The lowest BCUT2D eigenvalue weighted by Crippen LogP contribution is -2.15. The van der Waals surface area contributed by atoms with Crippen LogP contribution in [0.2, 0.25) is 0 Å². The van der Waals surface area contributed by atoms with E-state index in [2.05, 4.69) is 0 Å². The summed E-state index contributed by atoms with van der Waals surface area (Å²) in [4.78, 5) is 0. The Morgan fingerprint density at radius 3 is 2.33 bits per heavy atom. The van der Waals surface area contributed by atoms with Crippen LogP contribution in [0.3, 0.4) is 0 Å². The van der Waals surface area contributed by atoms with Crippen molar-refractivity contribution in [1.82, 2.24) is 0 Å². The van der Waals surface area contributed by atoms with E-state index in [0.717, 1.165) is 5.92 Å². The summed E-state index contributed by atoms with van der Waals surface area (Å²) in [7, 11) is 0. The zero-order valence-electron chi connectivity index (χ0n) is 3.36. The van der Waals surface area contributed by atoms with E-state index in [1.54, 1.807) is 5.88 Å². The molecule has 1 fully saturated rings. The third-order valence-electron chi connectivity index (χ3n) is 0.842. The molecule has 0 aromatic carbocycles. The second-order valence-electron chi connectivity index (χ2n) is 1.42. The Kier molecular flexibility index (Phi) is 1.66. The zero-order chi connectivity index (χ0) is 4.41. The van der Waals surface area contributed by atoms with Gasteiger partial charge in [-0.3, -0.25) is 0 Å². The van der Waals surface area contributed by atoms with E-state index in [1.807, 2.05) is 11.8 Å². The van der Waals surface area contributed by atoms with Crippen LogP contribution in [0.25, 0.3) is 0 Å². The Hall–Kier alpha value is 0.640. The minimum atomic E-state index is 0.719. The van der Waals surface area contributed by atoms with Gasteiger partial charge in [0.25, 0.3) is 0 Å². The lowest BCUT2D eigenvalue weighted by atomic mass is 10.2. The van der Waals surface area contributed by atoms with Crippen LogP contribution < -0.4 is 0 Å². The minimum absolute atomic E-state index is 0.719. The van der Waals surface area contributed by atoms with Gasteiger partial charge in [-0.1, -0.05) is 0 Å². The maximum Gasteiger partial charge on any atom is 0.0546 e. The summed E-state index contributed by atoms with van der Waals surface area (Å²) >= 11 is 7.32. The molecule has 1 aliphatic heterocycles. The van der Waals surface area contributed by atoms with Gasteiger partial charge in [-0.15, -0.1) is 11.6 Å². The van der Waals surface area contributed by atoms with Gasteiger partial charge in [0.2, 0.25) is 0 Å². The molecule has 1 saturated heterocycles. The van der Waals surface area contributed by atoms with Crippen molar-refractivity contribution in [3.63, 3.8) is 0 Å². The lowest BCUT2D eigenvalue weighted by Gasteiger charge is -2.20. The molecule has 0 saturated carbocycles. The van der Waals surface area contributed by atoms with E-state index in [-0.39, 0.29) is 0 Å². The van der Waals surface area contributed by atoms with Crippen LogP contribution in [0, 0.1) is 11.8 Å². The number of thioether (sulfide) groups is 1. The average Bonchev–Trinajstić information content (AvgIpc) is 1.31. The van der Waals surface area contributed by atoms with Gasteiger partial charge in [0, 0.05) is 0 Å². The predicted octanol–water partition coefficient (Wildman–Crippen LogP) is 1.75. The number of hydrogen-bond donors (Lipinski definition) is 0. The molecule has 0 unspecified atom stereocenters. The summed E-state index contributed by atoms with van der Waals surface area (Å²) < 4.78 is 0. The Labute approximate surface area is 47.3 Å². The van der Waals surface area contributed by atoms with Crippen molar-refractivity contribution in [3.05, 3.63) is 5.88 Å². The standard InChI is InChI=1S/C4H6ClS/c5-1-4-2-6-3-4/h1,4H,2-3H2. The second-order valence-corrected chi connectivity index (χ2v) is 2.75. The lowest BCUT2D eigenvalue weighted by molar-refractivity contribution is 0.792. The number of halogens is 1. The molecule has 1 heterocycles. The fourth-order valence-corrected chi connectivity index (χ4v) is 1.42. The molecule has 0 atom stereocenters. The number of rotatable bonds is 1. The van der Waals surface area contributed by atoms with Crippen molar-refractivity contribution in [3.8, 4) is 0 Å². The highest BCUT2D eigenvalue weighted by molar-refractivity contribution is 8.00. The number of hydrogen-bond acceptors (Lipinski definition) is 1. The fourth-order valence-electron chi connectivity index (χ4n) is 0.327. The fraction of sp³-hybridized carbons (Fsp3) is 0.750. The van der Waals surface area contributed by atoms with Gasteiger partial charge >= 0.3 is 0 Å². The molecule has 1 rings (SSSR count). The molecule has 0 aromatic rings. The molecule has 1 aliphatic rings. The van der Waals surface area contributed by atoms with E-state index in [4.69, 9.17) is 11.6 Å². The molecular weight excluding hydrogens is 116 g/mol. The monoisotopic (exact) mass is 121 g/mol. The van der Waals surface area contributed by atoms with Gasteiger partial charge in [-0.25, -0.2) is 0 Å². The van der Waals surface area contributed by atoms with Gasteiger partial charge in [0.15, 0.2) is 0 Å². The van der Waals surface area contributed by atoms with Gasteiger partial charge in [-0.2, -0.15) is 11.8 Å². The summed E-state index contributed by atoms with van der Waals surface area (Å²) in [5.41, 5.74) is 0. The van der Waals surface area contributed by atoms with Crippen LogP contribution >= 0.6 is 23.4 Å². The Balaban J connectivity index is 2.01. The quantitative estimate of drug-likeness (QED) is 0.510. The third kappa shape index (κ3) is 0.824. The van der Waals surface area contributed by atoms with Crippen molar-refractivity contribution in [2.75, 3.05) is 11.5 Å². The molecule has 0 N–H and O–H groups in total. The van der Waals surface area contributed by atoms with Crippen molar-refractivity contribution >= 4 is 23.4 Å². The van der Waals surface area contributed by atoms with Crippen LogP contribution in [0.1, 0.15) is 0 Å². The smallest absolute Gasteiger partial charge is 0.0546 e. The molecule has 2 heteroatoms. The Morgan fingerprint density at radius 2 is 2.33 bits per heavy atom. The summed E-state index contributed by atoms with van der Waals surface area (Å²) in [5.74, 6) is 4.96. The molecular formula is C4H6ClS. The van der Waals surface area contributed by atoms with E-state index in [0.29, 0.717) is 0 Å². The summed E-state index contributed by atoms with van der Waals surface area (Å²) in [6.07, 6.45) is 0. The van der Waals surface area contributed by atoms with Crippen LogP contribution in [-0.2, 0) is 0 Å². The van der Waals surface area contributed by atoms with E-state index in [1.165, 1.54) is 11.5 Å². The van der Waals surface area contributed by atoms with Crippen LogP contribution in [0.5, 0.6) is 0 Å². The van der Waals surface area contributed by atoms with E-state index >= 15 is 0 Å². The first kappa shape index (κ1) is 4.79. The van der Waals surface area contributed by atoms with Crippen molar-refractivity contribution in [2.45, 2.75) is 0 Å². The highest BCUT2D eigenvalue weighted by Gasteiger charge is 2.15. The maximum absolute atomic E-state index is 5.37. The SMILES string of the molecule is Cl[CH]C1CSC1. The molecule has 0 spiro atoms. The molecule has 0 bridgehead atoms. The topological polar surface area (TPSA) is 0 Å². The minimum Gasteiger partial charge on any atom is -0.161 e. The summed E-state index contributed by atoms with van der Waals surface area (Å²) in [5, 5.41) is 0. The van der Waals surface area contributed by atoms with Gasteiger partial charge in [0.1, 0.15) is 0 Å². The highest BCUT2D eigenvalue weighted by atomic mass is 35.5. The zero-order valence-corrected chi connectivity index (χ0v) is 4.93. The molecule has 6 heavy (non-hydrogen) atoms. The maximum atomic E-state index is 5.37. The molecule has 0 aromatic heterocycles. The first-order valence-corrected chi connectivity index (χ1v) is 3.54. The molecule has 0 nitrogen and oxygen atoms in total. The molecule has 0 aliphatic carbocycles. The average molecular weight is 122 g/mol. The van der Waals surface area contributed by atoms with Crippen LogP contribution in [0.15, 0.2) is 0 Å². The van der Waals surface area contributed by atoms with Gasteiger partial charge in [-0.05, 0) is 17.4 Å². The van der Waals surface area contributed by atoms with Crippen LogP contribution in [0.4, 0.5) is 0 Å². The summed E-state index contributed by atoms with van der Waals surface area (Å²) in [6.45, 7) is 0. The van der Waals surface area contributed by atoms with Crippen molar-refractivity contribution in [1.29, 1.82) is 0 Å². The van der Waals surface area contributed by atoms with E-state index < -0.39 is 0 Å². The highest BCUT2D eigenvalue weighted by Crippen LogP contribution is 2.27. The van der Waals surface area contributed by atoms with Crippen LogP contribution in [-0.4, -0.2) is 11.5 Å². The van der Waals surface area contributed by atoms with Crippen molar-refractivity contribution in [2.24, 2.45) is 5.92 Å². The predicted molar refractivity (Wildman–Crippen MR) is 31.0 cm³/mol. The summed E-state index contributed by atoms with van der Waals surface area (Å²) in [6, 6.07) is 0. The second kappa shape index (κ2) is 2.08. The van der Waals surface area contributed by atoms with Gasteiger partial charge in [0.05, 0.1) is 5.88 Å². The molecule has 35 valence electrons. The largest absolute Gasteiger partial charge is 0.161 e. The molecule has 0 amide bonds. The van der Waals surface area contributed by atoms with Crippen molar-refractivity contribution < 1.29 is 0 Å². The van der Waals surface area contributed by atoms with E-state index in [9.17, 15) is 0 Å². The first-order chi connectivity index (χ1) is 2.93. The third-order valence-corrected chi connectivity index (χ3v) is 2.53. The Bertz CT molecular complexity index is 40.1. The van der Waals surface area contributed by atoms with Gasteiger partial charge < -0.3 is 0 Å². The Morgan fingerprint density at radius 1 is 1.67 bits per heavy atom. The first-order valence-electron chi connectivity index (χ1n) is 1.95.